The van der Waals surface area contributed by atoms with E-state index in [1.54, 1.807) is 25.1 Å². The van der Waals surface area contributed by atoms with Crippen molar-refractivity contribution in [2.75, 3.05) is 13.2 Å². The minimum absolute atomic E-state index is 0.181. The van der Waals surface area contributed by atoms with E-state index in [1.165, 1.54) is 6.21 Å². The molecule has 1 atom stereocenters. The number of benzene rings is 1. The van der Waals surface area contributed by atoms with Gasteiger partial charge in [-0.25, -0.2) is 4.79 Å². The van der Waals surface area contributed by atoms with Crippen molar-refractivity contribution < 1.29 is 24.3 Å². The number of rotatable bonds is 6. The van der Waals surface area contributed by atoms with Crippen LogP contribution in [-0.4, -0.2) is 42.4 Å². The van der Waals surface area contributed by atoms with Gasteiger partial charge < -0.3 is 19.5 Å². The summed E-state index contributed by atoms with van der Waals surface area (Å²) in [5.41, 5.74) is 0.767. The van der Waals surface area contributed by atoms with Gasteiger partial charge in [-0.05, 0) is 25.1 Å². The lowest BCUT2D eigenvalue weighted by Crippen LogP contribution is -2.22. The first-order chi connectivity index (χ1) is 10.6. The molecule has 1 aromatic carbocycles. The maximum absolute atomic E-state index is 11.5. The number of carbonyl (C=O) groups excluding carboxylic acids is 1. The van der Waals surface area contributed by atoms with E-state index in [0.717, 1.165) is 0 Å². The zero-order valence-corrected chi connectivity index (χ0v) is 12.6. The molecule has 0 aromatic heterocycles. The molecule has 0 unspecified atom stereocenters. The normalized spacial score (nSPS) is 17.2. The number of carbonyl (C=O) groups is 1. The van der Waals surface area contributed by atoms with Gasteiger partial charge in [0.05, 0.1) is 12.8 Å². The standard InChI is InChI=1S/C14H15ClN2O5/c1-2-20-14(18)12-6-11(22-17-12)8-21-13-4-3-10(15)5-9(13)7-16-19/h3-5,7,11,19H,2,6,8H2,1H3/b16-7+/t11-/m0/s1. The highest BCUT2D eigenvalue weighted by atomic mass is 35.5. The first-order valence-electron chi connectivity index (χ1n) is 6.63. The molecule has 1 aliphatic heterocycles. The Kier molecular flexibility index (Phi) is 5.60. The van der Waals surface area contributed by atoms with Crippen molar-refractivity contribution in [1.82, 2.24) is 0 Å². The Hall–Kier alpha value is -2.28. The highest BCUT2D eigenvalue weighted by molar-refractivity contribution is 6.36. The highest BCUT2D eigenvalue weighted by Gasteiger charge is 2.27. The van der Waals surface area contributed by atoms with E-state index >= 15 is 0 Å². The smallest absolute Gasteiger partial charge is 0.356 e. The molecule has 1 aliphatic rings. The van der Waals surface area contributed by atoms with Crippen LogP contribution in [0.25, 0.3) is 0 Å². The summed E-state index contributed by atoms with van der Waals surface area (Å²) in [6.45, 7) is 2.19. The van der Waals surface area contributed by atoms with Crippen LogP contribution in [0.3, 0.4) is 0 Å². The molecular formula is C14H15ClN2O5. The summed E-state index contributed by atoms with van der Waals surface area (Å²) in [5.74, 6) is -0.0000180. The molecule has 0 bridgehead atoms. The van der Waals surface area contributed by atoms with Crippen LogP contribution in [0.5, 0.6) is 5.75 Å². The number of hydrogen-bond acceptors (Lipinski definition) is 7. The summed E-state index contributed by atoms with van der Waals surface area (Å²) < 4.78 is 10.5. The van der Waals surface area contributed by atoms with Crippen LogP contribution in [0.2, 0.25) is 5.02 Å². The third-order valence-electron chi connectivity index (χ3n) is 2.84. The van der Waals surface area contributed by atoms with Crippen molar-refractivity contribution in [2.24, 2.45) is 10.3 Å². The van der Waals surface area contributed by atoms with Gasteiger partial charge in [0.25, 0.3) is 0 Å². The Morgan fingerprint density at radius 3 is 3.18 bits per heavy atom. The molecule has 2 rings (SSSR count). The molecule has 1 aromatic rings. The molecule has 0 saturated carbocycles. The Morgan fingerprint density at radius 2 is 2.45 bits per heavy atom. The molecule has 118 valence electrons. The van der Waals surface area contributed by atoms with Gasteiger partial charge in [0.1, 0.15) is 12.4 Å². The van der Waals surface area contributed by atoms with Crippen LogP contribution in [0, 0.1) is 0 Å². The highest BCUT2D eigenvalue weighted by Crippen LogP contribution is 2.22. The fourth-order valence-electron chi connectivity index (χ4n) is 1.85. The maximum atomic E-state index is 11.5. The van der Waals surface area contributed by atoms with Gasteiger partial charge in [-0.2, -0.15) is 0 Å². The van der Waals surface area contributed by atoms with Crippen LogP contribution in [-0.2, 0) is 14.4 Å². The SMILES string of the molecule is CCOC(=O)C1=NO[C@H](COc2ccc(Cl)cc2/C=N/O)C1. The van der Waals surface area contributed by atoms with Gasteiger partial charge in [0.2, 0.25) is 0 Å². The summed E-state index contributed by atoms with van der Waals surface area (Å²) >= 11 is 5.87. The van der Waals surface area contributed by atoms with Crippen molar-refractivity contribution in [3.8, 4) is 5.75 Å². The van der Waals surface area contributed by atoms with Gasteiger partial charge in [-0.15, -0.1) is 0 Å². The van der Waals surface area contributed by atoms with Gasteiger partial charge in [-0.1, -0.05) is 21.9 Å². The van der Waals surface area contributed by atoms with E-state index in [0.29, 0.717) is 22.8 Å². The lowest BCUT2D eigenvalue weighted by Gasteiger charge is -2.12. The van der Waals surface area contributed by atoms with E-state index in [-0.39, 0.29) is 25.0 Å². The molecule has 0 radical (unpaired) electrons. The van der Waals surface area contributed by atoms with Crippen LogP contribution in [0.4, 0.5) is 0 Å². The van der Waals surface area contributed by atoms with E-state index in [9.17, 15) is 4.79 Å². The third-order valence-corrected chi connectivity index (χ3v) is 3.07. The number of hydrogen-bond donors (Lipinski definition) is 1. The third kappa shape index (κ3) is 4.11. The largest absolute Gasteiger partial charge is 0.489 e. The lowest BCUT2D eigenvalue weighted by atomic mass is 10.2. The predicted octanol–water partition coefficient (Wildman–Crippen LogP) is 2.23. The van der Waals surface area contributed by atoms with E-state index in [1.807, 2.05) is 0 Å². The summed E-state index contributed by atoms with van der Waals surface area (Å²) in [4.78, 5) is 16.6. The molecule has 0 amide bonds. The monoisotopic (exact) mass is 326 g/mol. The fraction of sp³-hybridized carbons (Fsp3) is 0.357. The van der Waals surface area contributed by atoms with Gasteiger partial charge in [-0.3, -0.25) is 0 Å². The summed E-state index contributed by atoms with van der Waals surface area (Å²) in [6.07, 6.45) is 1.15. The molecule has 1 heterocycles. The van der Waals surface area contributed by atoms with Crippen LogP contribution < -0.4 is 4.74 Å². The molecule has 7 nitrogen and oxygen atoms in total. The van der Waals surface area contributed by atoms with E-state index < -0.39 is 5.97 Å². The second kappa shape index (κ2) is 7.65. The Morgan fingerprint density at radius 1 is 1.64 bits per heavy atom. The van der Waals surface area contributed by atoms with Crippen molar-refractivity contribution in [3.05, 3.63) is 28.8 Å². The maximum Gasteiger partial charge on any atom is 0.356 e. The summed E-state index contributed by atoms with van der Waals surface area (Å²) in [6, 6.07) is 4.91. The summed E-state index contributed by atoms with van der Waals surface area (Å²) in [7, 11) is 0. The fourth-order valence-corrected chi connectivity index (χ4v) is 2.03. The molecule has 1 N–H and O–H groups in total. The Bertz CT molecular complexity index is 603. The quantitative estimate of drug-likeness (QED) is 0.375. The Balaban J connectivity index is 1.91. The average molecular weight is 327 g/mol. The molecule has 0 spiro atoms. The van der Waals surface area contributed by atoms with Crippen LogP contribution in [0.1, 0.15) is 18.9 Å². The number of esters is 1. The molecule has 0 saturated heterocycles. The van der Waals surface area contributed by atoms with Crippen molar-refractivity contribution in [3.63, 3.8) is 0 Å². The second-order valence-electron chi connectivity index (χ2n) is 4.43. The van der Waals surface area contributed by atoms with E-state index in [2.05, 4.69) is 10.3 Å². The average Bonchev–Trinajstić information content (AvgIpc) is 2.96. The van der Waals surface area contributed by atoms with Crippen LogP contribution in [0.15, 0.2) is 28.5 Å². The molecular weight excluding hydrogens is 312 g/mol. The van der Waals surface area contributed by atoms with Gasteiger partial charge >= 0.3 is 5.97 Å². The van der Waals surface area contributed by atoms with Crippen molar-refractivity contribution >= 4 is 29.5 Å². The van der Waals surface area contributed by atoms with Crippen LogP contribution >= 0.6 is 11.6 Å². The second-order valence-corrected chi connectivity index (χ2v) is 4.86. The molecule has 0 fully saturated rings. The lowest BCUT2D eigenvalue weighted by molar-refractivity contribution is -0.135. The summed E-state index contributed by atoms with van der Waals surface area (Å²) in [5, 5.41) is 15.8. The van der Waals surface area contributed by atoms with E-state index in [4.69, 9.17) is 31.1 Å². The first kappa shape index (κ1) is 16.1. The zero-order chi connectivity index (χ0) is 15.9. The number of ether oxygens (including phenoxy) is 2. The van der Waals surface area contributed by atoms with Crippen molar-refractivity contribution in [1.29, 1.82) is 0 Å². The topological polar surface area (TPSA) is 89.7 Å². The zero-order valence-electron chi connectivity index (χ0n) is 11.9. The predicted molar refractivity (Wildman–Crippen MR) is 79.9 cm³/mol. The minimum atomic E-state index is -0.482. The number of oxime groups is 2. The molecule has 8 heteroatoms. The van der Waals surface area contributed by atoms with Crippen molar-refractivity contribution in [2.45, 2.75) is 19.4 Å². The molecule has 22 heavy (non-hydrogen) atoms. The van der Waals surface area contributed by atoms with Gasteiger partial charge in [0.15, 0.2) is 11.8 Å². The number of nitrogens with zero attached hydrogens (tertiary/aromatic N) is 2. The number of halogens is 1. The van der Waals surface area contributed by atoms with Gasteiger partial charge in [0, 0.05) is 17.0 Å². The minimum Gasteiger partial charge on any atom is -0.489 e. The first-order valence-corrected chi connectivity index (χ1v) is 7.01. The Labute approximate surface area is 132 Å². The molecule has 0 aliphatic carbocycles.